The number of nitrogens with one attached hydrogen (secondary N) is 2. The minimum atomic E-state index is -3.40. The van der Waals surface area contributed by atoms with Crippen molar-refractivity contribution in [3.63, 3.8) is 0 Å². The quantitative estimate of drug-likeness (QED) is 0.762. The fourth-order valence-corrected chi connectivity index (χ4v) is 3.51. The standard InChI is InChI=1S/C18H19ClN2O5S/c1-27(23,24)21-14-4-2-3-13(11-14)18(22)20-6-5-12-9-15(19)17-16(10-12)25-7-8-26-17/h2-4,9-11,21H,5-8H2,1H3,(H,20,22). The summed E-state index contributed by atoms with van der Waals surface area (Å²) in [5.74, 6) is 0.858. The number of hydrogen-bond acceptors (Lipinski definition) is 5. The Balaban J connectivity index is 1.60. The number of rotatable bonds is 6. The predicted octanol–water partition coefficient (Wildman–Crippen LogP) is 2.46. The first-order chi connectivity index (χ1) is 12.8. The van der Waals surface area contributed by atoms with Crippen LogP contribution in [0.15, 0.2) is 36.4 Å². The third-order valence-electron chi connectivity index (χ3n) is 3.78. The maximum atomic E-state index is 12.3. The van der Waals surface area contributed by atoms with Crippen molar-refractivity contribution in [3.05, 3.63) is 52.5 Å². The lowest BCUT2D eigenvalue weighted by atomic mass is 10.1. The molecule has 1 aliphatic rings. The second kappa shape index (κ2) is 8.06. The first-order valence-corrected chi connectivity index (χ1v) is 10.5. The van der Waals surface area contributed by atoms with E-state index in [9.17, 15) is 13.2 Å². The highest BCUT2D eigenvalue weighted by Gasteiger charge is 2.16. The number of amides is 1. The monoisotopic (exact) mass is 410 g/mol. The van der Waals surface area contributed by atoms with Crippen LogP contribution in [0.25, 0.3) is 0 Å². The smallest absolute Gasteiger partial charge is 0.251 e. The molecule has 1 amide bonds. The summed E-state index contributed by atoms with van der Waals surface area (Å²) >= 11 is 6.21. The number of hydrogen-bond donors (Lipinski definition) is 2. The predicted molar refractivity (Wildman–Crippen MR) is 103 cm³/mol. The van der Waals surface area contributed by atoms with Gasteiger partial charge in [-0.15, -0.1) is 0 Å². The molecule has 0 spiro atoms. The molecule has 1 aliphatic heterocycles. The van der Waals surface area contributed by atoms with Gasteiger partial charge in [-0.1, -0.05) is 17.7 Å². The Labute approximate surface area is 162 Å². The molecule has 0 aromatic heterocycles. The second-order valence-electron chi connectivity index (χ2n) is 6.06. The summed E-state index contributed by atoms with van der Waals surface area (Å²) in [6.45, 7) is 1.33. The van der Waals surface area contributed by atoms with Crippen LogP contribution in [0.2, 0.25) is 5.02 Å². The number of halogens is 1. The van der Waals surface area contributed by atoms with Gasteiger partial charge in [0.1, 0.15) is 13.2 Å². The van der Waals surface area contributed by atoms with Crippen molar-refractivity contribution >= 4 is 33.2 Å². The van der Waals surface area contributed by atoms with Crippen LogP contribution in [0.4, 0.5) is 5.69 Å². The SMILES string of the molecule is CS(=O)(=O)Nc1cccc(C(=O)NCCc2cc(Cl)c3c(c2)OCCO3)c1. The number of sulfonamides is 1. The van der Waals surface area contributed by atoms with E-state index in [2.05, 4.69) is 10.0 Å². The van der Waals surface area contributed by atoms with E-state index in [1.807, 2.05) is 6.07 Å². The normalized spacial score (nSPS) is 13.1. The zero-order valence-corrected chi connectivity index (χ0v) is 16.2. The van der Waals surface area contributed by atoms with Crippen LogP contribution in [0.5, 0.6) is 11.5 Å². The lowest BCUT2D eigenvalue weighted by Crippen LogP contribution is -2.26. The number of carbonyl (C=O) groups excluding carboxylic acids is 1. The van der Waals surface area contributed by atoms with E-state index in [1.165, 1.54) is 6.07 Å². The molecule has 0 saturated heterocycles. The van der Waals surface area contributed by atoms with E-state index < -0.39 is 10.0 Å². The van der Waals surface area contributed by atoms with Gasteiger partial charge < -0.3 is 14.8 Å². The van der Waals surface area contributed by atoms with E-state index in [1.54, 1.807) is 24.3 Å². The van der Waals surface area contributed by atoms with Crippen molar-refractivity contribution in [2.75, 3.05) is 30.7 Å². The van der Waals surface area contributed by atoms with E-state index in [-0.39, 0.29) is 5.91 Å². The molecule has 0 radical (unpaired) electrons. The Morgan fingerprint density at radius 1 is 1.19 bits per heavy atom. The van der Waals surface area contributed by atoms with Crippen LogP contribution in [0, 0.1) is 0 Å². The Morgan fingerprint density at radius 3 is 2.74 bits per heavy atom. The molecule has 0 saturated carbocycles. The zero-order chi connectivity index (χ0) is 19.4. The molecule has 144 valence electrons. The number of anilines is 1. The number of carbonyl (C=O) groups is 1. The van der Waals surface area contributed by atoms with Gasteiger partial charge >= 0.3 is 0 Å². The lowest BCUT2D eigenvalue weighted by molar-refractivity contribution is 0.0954. The van der Waals surface area contributed by atoms with Crippen molar-refractivity contribution in [1.82, 2.24) is 5.32 Å². The Hall–Kier alpha value is -2.45. The van der Waals surface area contributed by atoms with Crippen molar-refractivity contribution < 1.29 is 22.7 Å². The molecule has 0 fully saturated rings. The van der Waals surface area contributed by atoms with Crippen molar-refractivity contribution in [1.29, 1.82) is 0 Å². The number of ether oxygens (including phenoxy) is 2. The minimum Gasteiger partial charge on any atom is -0.486 e. The van der Waals surface area contributed by atoms with Crippen molar-refractivity contribution in [2.45, 2.75) is 6.42 Å². The summed E-state index contributed by atoms with van der Waals surface area (Å²) in [6.07, 6.45) is 1.61. The van der Waals surface area contributed by atoms with Gasteiger partial charge in [0, 0.05) is 17.8 Å². The highest BCUT2D eigenvalue weighted by atomic mass is 35.5. The Kier molecular flexibility index (Phi) is 5.76. The van der Waals surface area contributed by atoms with Crippen LogP contribution in [0.3, 0.4) is 0 Å². The van der Waals surface area contributed by atoms with E-state index in [0.717, 1.165) is 11.8 Å². The van der Waals surface area contributed by atoms with E-state index >= 15 is 0 Å². The average molecular weight is 411 g/mol. The molecule has 1 heterocycles. The molecular weight excluding hydrogens is 392 g/mol. The highest BCUT2D eigenvalue weighted by molar-refractivity contribution is 7.92. The molecule has 2 aromatic carbocycles. The number of benzene rings is 2. The van der Waals surface area contributed by atoms with Gasteiger partial charge in [-0.3, -0.25) is 9.52 Å². The zero-order valence-electron chi connectivity index (χ0n) is 14.6. The maximum absolute atomic E-state index is 12.3. The van der Waals surface area contributed by atoms with Gasteiger partial charge in [0.25, 0.3) is 5.91 Å². The molecular formula is C18H19ClN2O5S. The summed E-state index contributed by atoms with van der Waals surface area (Å²) < 4.78 is 36.0. The number of fused-ring (bicyclic) bond motifs is 1. The first kappa shape index (κ1) is 19.3. The van der Waals surface area contributed by atoms with Crippen LogP contribution in [-0.4, -0.2) is 40.3 Å². The van der Waals surface area contributed by atoms with Gasteiger partial charge in [0.2, 0.25) is 10.0 Å². The van der Waals surface area contributed by atoms with E-state index in [4.69, 9.17) is 21.1 Å². The summed E-state index contributed by atoms with van der Waals surface area (Å²) in [7, 11) is -3.40. The third kappa shape index (κ3) is 5.27. The van der Waals surface area contributed by atoms with Gasteiger partial charge in [-0.2, -0.15) is 0 Å². The molecule has 0 unspecified atom stereocenters. The first-order valence-electron chi connectivity index (χ1n) is 8.26. The molecule has 3 rings (SSSR count). The lowest BCUT2D eigenvalue weighted by Gasteiger charge is -2.20. The van der Waals surface area contributed by atoms with Gasteiger partial charge in [0.05, 0.1) is 11.3 Å². The molecule has 7 nitrogen and oxygen atoms in total. The van der Waals surface area contributed by atoms with Crippen molar-refractivity contribution in [2.24, 2.45) is 0 Å². The Bertz CT molecular complexity index is 962. The van der Waals surface area contributed by atoms with Crippen LogP contribution in [0.1, 0.15) is 15.9 Å². The van der Waals surface area contributed by atoms with Crippen LogP contribution >= 0.6 is 11.6 Å². The third-order valence-corrected chi connectivity index (χ3v) is 4.67. The van der Waals surface area contributed by atoms with Crippen LogP contribution in [-0.2, 0) is 16.4 Å². The highest BCUT2D eigenvalue weighted by Crippen LogP contribution is 2.38. The molecule has 9 heteroatoms. The molecule has 0 atom stereocenters. The fraction of sp³-hybridized carbons (Fsp3) is 0.278. The fourth-order valence-electron chi connectivity index (χ4n) is 2.67. The second-order valence-corrected chi connectivity index (χ2v) is 8.22. The van der Waals surface area contributed by atoms with Gasteiger partial charge in [-0.25, -0.2) is 8.42 Å². The van der Waals surface area contributed by atoms with Gasteiger partial charge in [-0.05, 0) is 42.3 Å². The van der Waals surface area contributed by atoms with Crippen molar-refractivity contribution in [3.8, 4) is 11.5 Å². The summed E-state index contributed by atoms with van der Waals surface area (Å²) in [5.41, 5.74) is 1.62. The summed E-state index contributed by atoms with van der Waals surface area (Å²) in [6, 6.07) is 9.93. The molecule has 0 aliphatic carbocycles. The maximum Gasteiger partial charge on any atom is 0.251 e. The van der Waals surface area contributed by atoms with Gasteiger partial charge in [0.15, 0.2) is 11.5 Å². The largest absolute Gasteiger partial charge is 0.486 e. The minimum absolute atomic E-state index is 0.296. The Morgan fingerprint density at radius 2 is 1.96 bits per heavy atom. The topological polar surface area (TPSA) is 93.7 Å². The van der Waals surface area contributed by atoms with Crippen LogP contribution < -0.4 is 19.5 Å². The molecule has 2 N–H and O–H groups in total. The van der Waals surface area contributed by atoms with E-state index in [0.29, 0.717) is 54.0 Å². The molecule has 27 heavy (non-hydrogen) atoms. The molecule has 0 bridgehead atoms. The summed E-state index contributed by atoms with van der Waals surface area (Å²) in [5, 5.41) is 3.29. The summed E-state index contributed by atoms with van der Waals surface area (Å²) in [4.78, 5) is 12.3. The molecule has 2 aromatic rings. The average Bonchev–Trinajstić information content (AvgIpc) is 2.60.